The van der Waals surface area contributed by atoms with Crippen molar-refractivity contribution in [1.29, 1.82) is 0 Å². The van der Waals surface area contributed by atoms with E-state index in [1.54, 1.807) is 22.7 Å². The molecule has 0 spiro atoms. The lowest BCUT2D eigenvalue weighted by Crippen LogP contribution is -2.53. The molecule has 4 aromatic heterocycles. The molecule has 0 radical (unpaired) electrons. The molecule has 0 atom stereocenters. The quantitative estimate of drug-likeness (QED) is 0.137. The molecule has 1 aliphatic heterocycles. The van der Waals surface area contributed by atoms with E-state index in [2.05, 4.69) is 198 Å². The Labute approximate surface area is 356 Å². The summed E-state index contributed by atoms with van der Waals surface area (Å²) >= 11 is 4.66. The second-order valence-electron chi connectivity index (χ2n) is 12.6. The molecule has 5 heterocycles. The van der Waals surface area contributed by atoms with Crippen LogP contribution in [0.15, 0.2) is 60.7 Å². The first-order valence-electron chi connectivity index (χ1n) is 17.5. The van der Waals surface area contributed by atoms with Crippen molar-refractivity contribution < 1.29 is 0 Å². The molecule has 0 aliphatic carbocycles. The monoisotopic (exact) mass is 809 g/mol. The van der Waals surface area contributed by atoms with Gasteiger partial charge in [0.2, 0.25) is 0 Å². The summed E-state index contributed by atoms with van der Waals surface area (Å²) in [4.78, 5) is 4.57. The van der Waals surface area contributed by atoms with Gasteiger partial charge in [-0.25, -0.2) is 0 Å². The number of thiophene rings is 2. The molecule has 0 bridgehead atoms. The van der Waals surface area contributed by atoms with Crippen LogP contribution in [0.1, 0.15) is 10.4 Å². The molecule has 59 heavy (non-hydrogen) atoms. The zero-order chi connectivity index (χ0) is 40.8. The Balaban J connectivity index is 1.23. The van der Waals surface area contributed by atoms with Crippen molar-refractivity contribution in [2.75, 3.05) is 0 Å². The zero-order valence-corrected chi connectivity index (χ0v) is 34.5. The molecule has 0 saturated carbocycles. The number of fused-ring (bicyclic) bond motifs is 7. The fourth-order valence-electron chi connectivity index (χ4n) is 6.82. The summed E-state index contributed by atoms with van der Waals surface area (Å²) in [5, 5.41) is 4.42. The van der Waals surface area contributed by atoms with Crippen molar-refractivity contribution in [3.63, 3.8) is 0 Å². The van der Waals surface area contributed by atoms with Crippen molar-refractivity contribution in [2.45, 2.75) is 13.8 Å². The third-order valence-electron chi connectivity index (χ3n) is 9.15. The standard InChI is InChI=1S/C52H19N3S3Si/c1-6-9-12-15-16-17-18-19-20-21-30-55-44-33-37(4)24-26-41(44)42-27-25-39(35-45(42)55)40-28-29-43(50-49(40)53-58-54-50)46-36-48-52(57-46)51-47(34-38(5)56-51)59(48,31-22-13-10-7-2)32-23-14-11-8-3/h1-3,24-29,33-36H,4-5H3. The predicted molar refractivity (Wildman–Crippen MR) is 249 cm³/mol. The van der Waals surface area contributed by atoms with Crippen LogP contribution in [-0.2, 0) is 0 Å². The summed E-state index contributed by atoms with van der Waals surface area (Å²) in [7, 11) is -2.97. The third kappa shape index (κ3) is 7.02. The van der Waals surface area contributed by atoms with Gasteiger partial charge in [0.1, 0.15) is 11.0 Å². The highest BCUT2D eigenvalue weighted by Gasteiger charge is 2.47. The number of hydrogen-bond donors (Lipinski definition) is 0. The maximum absolute atomic E-state index is 5.40. The lowest BCUT2D eigenvalue weighted by atomic mass is 9.99. The van der Waals surface area contributed by atoms with Crippen molar-refractivity contribution in [1.82, 2.24) is 13.3 Å². The Kier molecular flexibility index (Phi) is 10.4. The number of aromatic nitrogens is 3. The molecule has 0 saturated heterocycles. The number of benzene rings is 3. The summed E-state index contributed by atoms with van der Waals surface area (Å²) in [5.74, 6) is 47.6. The van der Waals surface area contributed by atoms with Crippen LogP contribution in [0.2, 0.25) is 0 Å². The molecular weight excluding hydrogens is 791 g/mol. The Bertz CT molecular complexity index is 3700. The van der Waals surface area contributed by atoms with Crippen LogP contribution in [0.4, 0.5) is 0 Å². The summed E-state index contributed by atoms with van der Waals surface area (Å²) in [6.45, 7) is 4.17. The average Bonchev–Trinajstić information content (AvgIpc) is 4.07. The molecule has 0 N–H and O–H groups in total. The lowest BCUT2D eigenvalue weighted by molar-refractivity contribution is 1.26. The van der Waals surface area contributed by atoms with Crippen molar-refractivity contribution in [3.05, 3.63) is 71.1 Å². The molecule has 0 unspecified atom stereocenters. The van der Waals surface area contributed by atoms with Crippen LogP contribution in [0.5, 0.6) is 0 Å². The molecule has 0 fully saturated rings. The molecule has 264 valence electrons. The maximum Gasteiger partial charge on any atom is 0.281 e. The number of terminal acetylenes is 3. The fraction of sp³-hybridized carbons (Fsp3) is 0.0385. The maximum atomic E-state index is 5.40. The number of rotatable bonds is 2. The minimum absolute atomic E-state index is 0.813. The molecule has 0 amide bonds. The van der Waals surface area contributed by atoms with Gasteiger partial charge in [0, 0.05) is 77.1 Å². The van der Waals surface area contributed by atoms with Crippen LogP contribution in [0.3, 0.4) is 0 Å². The molecule has 1 aliphatic rings. The Morgan fingerprint density at radius 1 is 0.542 bits per heavy atom. The van der Waals surface area contributed by atoms with Crippen LogP contribution in [0, 0.1) is 157 Å². The van der Waals surface area contributed by atoms with Gasteiger partial charge in [-0.1, -0.05) is 47.5 Å². The minimum atomic E-state index is -2.97. The largest absolute Gasteiger partial charge is 0.281 e. The van der Waals surface area contributed by atoms with E-state index < -0.39 is 8.07 Å². The van der Waals surface area contributed by atoms with Gasteiger partial charge in [0.05, 0.1) is 22.8 Å². The highest BCUT2D eigenvalue weighted by atomic mass is 32.1. The lowest BCUT2D eigenvalue weighted by Gasteiger charge is -2.13. The molecular formula is C52H19N3S3Si. The number of aryl methyl sites for hydroxylation is 2. The fourth-order valence-corrected chi connectivity index (χ4v) is 14.3. The van der Waals surface area contributed by atoms with E-state index in [1.165, 1.54) is 21.5 Å². The Morgan fingerprint density at radius 2 is 1.08 bits per heavy atom. The first-order chi connectivity index (χ1) is 29.0. The smallest absolute Gasteiger partial charge is 0.268 e. The van der Waals surface area contributed by atoms with E-state index >= 15 is 0 Å². The highest BCUT2D eigenvalue weighted by molar-refractivity contribution is 7.33. The molecule has 7 heteroatoms. The van der Waals surface area contributed by atoms with Gasteiger partial charge in [-0.3, -0.25) is 4.57 Å². The van der Waals surface area contributed by atoms with Gasteiger partial charge in [-0.2, -0.15) is 8.75 Å². The van der Waals surface area contributed by atoms with Gasteiger partial charge >= 0.3 is 0 Å². The highest BCUT2D eigenvalue weighted by Crippen LogP contribution is 2.44. The summed E-state index contributed by atoms with van der Waals surface area (Å²) < 4.78 is 11.7. The van der Waals surface area contributed by atoms with Gasteiger partial charge in [0.15, 0.2) is 0 Å². The van der Waals surface area contributed by atoms with Crippen LogP contribution < -0.4 is 10.4 Å². The Hall–Kier alpha value is -8.38. The van der Waals surface area contributed by atoms with E-state index in [0.717, 1.165) is 75.2 Å². The van der Waals surface area contributed by atoms with Crippen molar-refractivity contribution in [3.8, 4) is 174 Å². The zero-order valence-electron chi connectivity index (χ0n) is 31.1. The first-order valence-corrected chi connectivity index (χ1v) is 21.8. The van der Waals surface area contributed by atoms with Gasteiger partial charge in [0.25, 0.3) is 8.07 Å². The number of nitrogens with zero attached hydrogens (tertiary/aromatic N) is 3. The van der Waals surface area contributed by atoms with E-state index in [1.807, 2.05) is 4.57 Å². The van der Waals surface area contributed by atoms with Crippen LogP contribution in [0.25, 0.3) is 64.2 Å². The summed E-state index contributed by atoms with van der Waals surface area (Å²) in [5.41, 5.74) is 14.6. The number of hydrogen-bond acceptors (Lipinski definition) is 5. The molecule has 7 aromatic rings. The summed E-state index contributed by atoms with van der Waals surface area (Å²) in [6, 6.07) is 24.7. The van der Waals surface area contributed by atoms with Crippen molar-refractivity contribution in [2.24, 2.45) is 0 Å². The molecule has 3 nitrogen and oxygen atoms in total. The van der Waals surface area contributed by atoms with E-state index in [0.29, 0.717) is 0 Å². The summed E-state index contributed by atoms with van der Waals surface area (Å²) in [6.07, 6.45) is 15.9. The second kappa shape index (κ2) is 16.4. The van der Waals surface area contributed by atoms with E-state index in [-0.39, 0.29) is 0 Å². The first kappa shape index (κ1) is 37.5. The van der Waals surface area contributed by atoms with Gasteiger partial charge in [-0.15, -0.1) is 41.9 Å². The second-order valence-corrected chi connectivity index (χ2v) is 18.5. The van der Waals surface area contributed by atoms with Gasteiger partial charge < -0.3 is 0 Å². The van der Waals surface area contributed by atoms with Crippen LogP contribution >= 0.6 is 34.4 Å². The van der Waals surface area contributed by atoms with E-state index in [4.69, 9.17) is 28.0 Å². The minimum Gasteiger partial charge on any atom is -0.268 e. The van der Waals surface area contributed by atoms with Gasteiger partial charge in [-0.05, 0) is 137 Å². The average molecular weight is 810 g/mol. The molecule has 3 aromatic carbocycles. The van der Waals surface area contributed by atoms with E-state index in [9.17, 15) is 0 Å². The van der Waals surface area contributed by atoms with Crippen LogP contribution in [-0.4, -0.2) is 21.4 Å². The normalized spacial score (nSPS) is 10.4. The SMILES string of the molecule is C#CC#CC#CC#CC#CC#Cn1c2cc(C)ccc2c2ccc(-c3ccc(-c4cc5c(s4)-c4sc(C)cc4[Si]5(C#CC#CC#C)C#CC#CC#C)c4nsnc34)cc21. The Morgan fingerprint density at radius 3 is 1.76 bits per heavy atom. The molecule has 8 rings (SSSR count). The topological polar surface area (TPSA) is 30.7 Å². The third-order valence-corrected chi connectivity index (χ3v) is 15.8. The van der Waals surface area contributed by atoms with Crippen molar-refractivity contribution >= 4 is 85.7 Å². The predicted octanol–water partition coefficient (Wildman–Crippen LogP) is 7.23.